The first-order valence-electron chi connectivity index (χ1n) is 41.0. The Morgan fingerprint density at radius 2 is 0.771 bits per heavy atom. The zero-order chi connectivity index (χ0) is 74.0. The van der Waals surface area contributed by atoms with Gasteiger partial charge >= 0.3 is 0 Å². The van der Waals surface area contributed by atoms with Gasteiger partial charge in [0.25, 0.3) is 6.71 Å². The summed E-state index contributed by atoms with van der Waals surface area (Å²) in [6, 6.07) is 98.0. The molecule has 2 heterocycles. The van der Waals surface area contributed by atoms with Crippen LogP contribution in [-0.2, 0) is 5.41 Å². The summed E-state index contributed by atoms with van der Waals surface area (Å²) in [5, 5.41) is 0. The molecule has 2 saturated carbocycles. The van der Waals surface area contributed by atoms with E-state index in [9.17, 15) is 0 Å². The summed E-state index contributed by atoms with van der Waals surface area (Å²) in [5.74, 6) is 1.92. The van der Waals surface area contributed by atoms with Crippen LogP contribution in [0, 0.1) is 28.6 Å². The van der Waals surface area contributed by atoms with Crippen LogP contribution < -0.4 is 26.2 Å². The van der Waals surface area contributed by atoms with E-state index >= 15 is 0 Å². The minimum atomic E-state index is -0.188. The molecule has 0 spiro atoms. The van der Waals surface area contributed by atoms with Crippen molar-refractivity contribution in [3.05, 3.63) is 335 Å². The highest BCUT2D eigenvalue weighted by Crippen LogP contribution is 2.60. The molecular weight excluding hydrogens is 1310 g/mol. The van der Waals surface area contributed by atoms with Gasteiger partial charge in [-0.2, -0.15) is 0 Å². The van der Waals surface area contributed by atoms with Gasteiger partial charge in [-0.25, -0.2) is 0 Å². The maximum absolute atomic E-state index is 2.84. The number of rotatable bonds is 11. The van der Waals surface area contributed by atoms with Crippen molar-refractivity contribution in [3.63, 3.8) is 0 Å². The molecule has 538 valence electrons. The first-order valence-corrected chi connectivity index (χ1v) is 41.0. The molecule has 0 amide bonds. The maximum atomic E-state index is 2.84. The van der Waals surface area contributed by atoms with Crippen LogP contribution in [0.2, 0.25) is 0 Å². The van der Waals surface area contributed by atoms with E-state index in [4.69, 9.17) is 0 Å². The largest absolute Gasteiger partial charge is 0.310 e. The zero-order valence-electron chi connectivity index (χ0n) is 65.3. The molecule has 0 radical (unpaired) electrons. The molecule has 8 aliphatic rings. The smallest absolute Gasteiger partial charge is 0.252 e. The van der Waals surface area contributed by atoms with Crippen molar-refractivity contribution in [1.82, 2.24) is 0 Å². The van der Waals surface area contributed by atoms with Crippen molar-refractivity contribution in [2.24, 2.45) is 28.6 Å². The molecule has 2 fully saturated rings. The van der Waals surface area contributed by atoms with Crippen molar-refractivity contribution in [1.29, 1.82) is 0 Å². The Balaban J connectivity index is 0.981. The molecular formula is C106H101BN2. The average molecular weight is 1410 g/mol. The number of hydrogen-bond acceptors (Lipinski definition) is 2. The standard InChI is InChI=1S/C106H101BN2/c1-104(2,3)84-51-47-71(48-52-84)82-65-97-101-98(66-82)109(103-90(74-41-27-15-28-42-74)60-81(70-35-21-12-22-36-70)61-91(103)75-43-29-16-30-44-75)96-64-77(87-62-83-57-85(105(4,5)6)55-78-45-46-79-56-86(106(7,8)9)67-92(87)100(79)99(78)83)50-54-94(96)107(101)93-53-49-76(68-31-17-10-18-32-68)63-95(93)108(97)102-88(72-37-23-13-24-38-72)58-80(69-33-19-11-20-34-69)59-89(102)73-39-25-14-26-40-73/h10,13-18,23-32,37-55,57-67,69-70,79,99-100H,11-12,19-22,33-36,56H2,1-9H3. The minimum Gasteiger partial charge on any atom is -0.310 e. The Morgan fingerprint density at radius 1 is 0.349 bits per heavy atom. The maximum Gasteiger partial charge on any atom is 0.252 e. The van der Waals surface area contributed by atoms with Crippen LogP contribution in [0.3, 0.4) is 0 Å². The molecule has 0 saturated heterocycles. The SMILES string of the molecule is CC(C)(C)C1=CC2=CC(c3ccc4c(c3)N(c3c(-c5ccccc5)cc(C5CCCCC5)cc3-c3ccccc3)c3cc(-c5ccc(C(C)(C)C)cc5)cc5c3B4c3ccc(-c4ccccc4)cc3N5c3c(-c4ccccc4)cc(C4CCCCC4)cc3-c3ccccc3)=C3C=C(C(C)(C)C)CC4C=CC(=C1)C2C34. The lowest BCUT2D eigenvalue weighted by Gasteiger charge is -2.48. The molecule has 3 unspecified atom stereocenters. The van der Waals surface area contributed by atoms with E-state index in [1.54, 1.807) is 0 Å². The number of fused-ring (bicyclic) bond motifs is 4. The summed E-state index contributed by atoms with van der Waals surface area (Å²) >= 11 is 0. The fraction of sp³-hybridized carbons (Fsp3) is 0.264. The Labute approximate surface area is 649 Å². The third-order valence-corrected chi connectivity index (χ3v) is 26.1. The topological polar surface area (TPSA) is 6.48 Å². The minimum absolute atomic E-state index is 0.00299. The van der Waals surface area contributed by atoms with E-state index in [0.29, 0.717) is 29.6 Å². The molecule has 0 bridgehead atoms. The number of anilines is 6. The number of benzene rings is 11. The molecule has 0 aromatic heterocycles. The van der Waals surface area contributed by atoms with Crippen molar-refractivity contribution >= 4 is 62.8 Å². The van der Waals surface area contributed by atoms with Crippen LogP contribution in [-0.4, -0.2) is 6.71 Å². The number of nitrogens with zero attached hydrogens (tertiary/aromatic N) is 2. The average Bonchev–Trinajstić information content (AvgIpc) is 0.686. The highest BCUT2D eigenvalue weighted by Gasteiger charge is 2.49. The van der Waals surface area contributed by atoms with E-state index in [0.717, 1.165) is 6.42 Å². The van der Waals surface area contributed by atoms with Gasteiger partial charge in [0.05, 0.1) is 11.4 Å². The van der Waals surface area contributed by atoms with Gasteiger partial charge < -0.3 is 9.80 Å². The summed E-state index contributed by atoms with van der Waals surface area (Å²) in [6.07, 6.45) is 29.1. The van der Waals surface area contributed by atoms with Gasteiger partial charge in [0.2, 0.25) is 0 Å². The summed E-state index contributed by atoms with van der Waals surface area (Å²) in [7, 11) is 0. The third-order valence-electron chi connectivity index (χ3n) is 26.1. The summed E-state index contributed by atoms with van der Waals surface area (Å²) in [5.41, 5.74) is 39.9. The van der Waals surface area contributed by atoms with E-state index in [1.807, 2.05) is 0 Å². The van der Waals surface area contributed by atoms with Crippen LogP contribution in [0.1, 0.15) is 167 Å². The highest BCUT2D eigenvalue weighted by atomic mass is 15.2. The van der Waals surface area contributed by atoms with Crippen LogP contribution in [0.5, 0.6) is 0 Å². The Morgan fingerprint density at radius 3 is 1.22 bits per heavy atom. The van der Waals surface area contributed by atoms with Crippen LogP contribution in [0.25, 0.3) is 72.3 Å². The molecule has 109 heavy (non-hydrogen) atoms. The molecule has 0 N–H and O–H groups in total. The summed E-state index contributed by atoms with van der Waals surface area (Å²) < 4.78 is 0. The second kappa shape index (κ2) is 27.3. The van der Waals surface area contributed by atoms with Crippen LogP contribution in [0.4, 0.5) is 34.1 Å². The van der Waals surface area contributed by atoms with Crippen LogP contribution >= 0.6 is 0 Å². The summed E-state index contributed by atoms with van der Waals surface area (Å²) in [4.78, 5) is 5.63. The molecule has 2 aliphatic heterocycles. The molecule has 11 aromatic carbocycles. The van der Waals surface area contributed by atoms with Gasteiger partial charge in [-0.15, -0.1) is 0 Å². The fourth-order valence-electron chi connectivity index (χ4n) is 20.3. The Hall–Kier alpha value is -10.5. The van der Waals surface area contributed by atoms with Crippen molar-refractivity contribution in [2.75, 3.05) is 9.80 Å². The Bertz CT molecular complexity index is 5450. The quantitative estimate of drug-likeness (QED) is 0.119. The molecule has 19 rings (SSSR count). The second-order valence-electron chi connectivity index (χ2n) is 36.0. The van der Waals surface area contributed by atoms with Crippen LogP contribution in [0.15, 0.2) is 313 Å². The van der Waals surface area contributed by atoms with Gasteiger partial charge in [0, 0.05) is 56.8 Å². The first kappa shape index (κ1) is 69.0. The Kier molecular flexibility index (Phi) is 17.3. The lowest BCUT2D eigenvalue weighted by Crippen LogP contribution is -2.61. The predicted molar refractivity (Wildman–Crippen MR) is 466 cm³/mol. The lowest BCUT2D eigenvalue weighted by molar-refractivity contribution is 0.329. The highest BCUT2D eigenvalue weighted by molar-refractivity contribution is 7.00. The van der Waals surface area contributed by atoms with E-state index < -0.39 is 0 Å². The van der Waals surface area contributed by atoms with Gasteiger partial charge in [-0.3, -0.25) is 0 Å². The molecule has 6 aliphatic carbocycles. The normalized spacial score (nSPS) is 18.9. The molecule has 2 nitrogen and oxygen atoms in total. The number of allylic oxidation sites excluding steroid dienone is 12. The number of hydrogen-bond donors (Lipinski definition) is 0. The van der Waals surface area contributed by atoms with E-state index in [1.165, 1.54) is 237 Å². The zero-order valence-corrected chi connectivity index (χ0v) is 65.3. The second-order valence-corrected chi connectivity index (χ2v) is 36.0. The predicted octanol–water partition coefficient (Wildman–Crippen LogP) is 27.6. The van der Waals surface area contributed by atoms with Crippen molar-refractivity contribution in [3.8, 4) is 66.8 Å². The van der Waals surface area contributed by atoms with Gasteiger partial charge in [0.15, 0.2) is 0 Å². The van der Waals surface area contributed by atoms with Gasteiger partial charge in [-0.05, 0) is 226 Å². The van der Waals surface area contributed by atoms with E-state index in [-0.39, 0.29) is 23.0 Å². The summed E-state index contributed by atoms with van der Waals surface area (Å²) in [6.45, 7) is 21.3. The third kappa shape index (κ3) is 12.3. The van der Waals surface area contributed by atoms with Gasteiger partial charge in [0.1, 0.15) is 0 Å². The van der Waals surface area contributed by atoms with E-state index in [2.05, 4.69) is 357 Å². The first-order chi connectivity index (χ1) is 52.9. The lowest BCUT2D eigenvalue weighted by atomic mass is 9.33. The molecule has 3 heteroatoms. The van der Waals surface area contributed by atoms with Crippen molar-refractivity contribution in [2.45, 2.75) is 150 Å². The molecule has 11 aromatic rings. The van der Waals surface area contributed by atoms with Gasteiger partial charge in [-0.1, -0.05) is 343 Å². The monoisotopic (exact) mass is 1410 g/mol. The molecule has 3 atom stereocenters. The fourth-order valence-corrected chi connectivity index (χ4v) is 20.3. The van der Waals surface area contributed by atoms with Crippen molar-refractivity contribution < 1.29 is 0 Å².